The van der Waals surface area contributed by atoms with Gasteiger partial charge >= 0.3 is 0 Å². The number of rotatable bonds is 5. The lowest BCUT2D eigenvalue weighted by molar-refractivity contribution is 0.174. The summed E-state index contributed by atoms with van der Waals surface area (Å²) in [6, 6.07) is 20.9. The lowest BCUT2D eigenvalue weighted by atomic mass is 9.94. The molecule has 4 rings (SSSR count). The van der Waals surface area contributed by atoms with E-state index in [1.807, 2.05) is 6.07 Å². The topological polar surface area (TPSA) is 45.6 Å². The molecule has 1 N–H and O–H groups in total. The van der Waals surface area contributed by atoms with Gasteiger partial charge in [-0.3, -0.25) is 4.90 Å². The largest absolute Gasteiger partial charge is 0.481 e. The third-order valence-electron chi connectivity index (χ3n) is 5.47. The number of aliphatic hydroxyl groups is 1. The van der Waals surface area contributed by atoms with Crippen molar-refractivity contribution in [1.82, 2.24) is 9.88 Å². The molecule has 0 aliphatic carbocycles. The third-order valence-corrected chi connectivity index (χ3v) is 5.47. The summed E-state index contributed by atoms with van der Waals surface area (Å²) in [5, 5.41) is 9.76. The summed E-state index contributed by atoms with van der Waals surface area (Å²) in [4.78, 5) is 7.05. The smallest absolute Gasteiger partial charge is 0.218 e. The van der Waals surface area contributed by atoms with E-state index in [1.54, 1.807) is 7.11 Å². The van der Waals surface area contributed by atoms with E-state index < -0.39 is 0 Å². The minimum atomic E-state index is -0.221. The highest BCUT2D eigenvalue weighted by molar-refractivity contribution is 5.77. The fourth-order valence-electron chi connectivity index (χ4n) is 3.96. The number of ether oxygens (including phenoxy) is 1. The summed E-state index contributed by atoms with van der Waals surface area (Å²) in [6.07, 6.45) is 0.612. The van der Waals surface area contributed by atoms with Crippen LogP contribution < -0.4 is 4.74 Å². The van der Waals surface area contributed by atoms with Gasteiger partial charge in [0.15, 0.2) is 0 Å². The second kappa shape index (κ2) is 8.13. The Labute approximate surface area is 166 Å². The Kier molecular flexibility index (Phi) is 5.42. The third kappa shape index (κ3) is 3.79. The first kappa shape index (κ1) is 18.7. The summed E-state index contributed by atoms with van der Waals surface area (Å²) in [7, 11) is 1.67. The zero-order valence-corrected chi connectivity index (χ0v) is 16.4. The van der Waals surface area contributed by atoms with Crippen LogP contribution in [0.1, 0.15) is 17.5 Å². The molecule has 28 heavy (non-hydrogen) atoms. The molecule has 1 fully saturated rings. The molecule has 144 valence electrons. The van der Waals surface area contributed by atoms with Gasteiger partial charge in [-0.1, -0.05) is 54.6 Å². The number of hydrogen-bond acceptors (Lipinski definition) is 4. The summed E-state index contributed by atoms with van der Waals surface area (Å²) >= 11 is 0. The van der Waals surface area contributed by atoms with Gasteiger partial charge in [0.25, 0.3) is 0 Å². The Hall–Kier alpha value is -2.69. The fourth-order valence-corrected chi connectivity index (χ4v) is 3.96. The van der Waals surface area contributed by atoms with Crippen LogP contribution in [-0.2, 0) is 6.54 Å². The molecule has 0 amide bonds. The van der Waals surface area contributed by atoms with E-state index >= 15 is 0 Å². The van der Waals surface area contributed by atoms with Crippen LogP contribution >= 0.6 is 0 Å². The van der Waals surface area contributed by atoms with Crippen LogP contribution in [0.3, 0.4) is 0 Å². The molecule has 1 aliphatic heterocycles. The van der Waals surface area contributed by atoms with E-state index in [0.717, 1.165) is 36.3 Å². The highest BCUT2D eigenvalue weighted by atomic mass is 16.5. The number of hydrogen-bond donors (Lipinski definition) is 1. The molecule has 4 heteroatoms. The maximum absolute atomic E-state index is 9.76. The standard InChI is InChI=1S/C24H26N2O2/c1-17-21(18-7-4-3-5-8-18)9-6-10-22(17)23-12-11-19(24(25-23)28-2)15-26-14-13-20(27)16-26/h3-12,20,27H,13-16H2,1-2H3/t20-/m1/s1. The lowest BCUT2D eigenvalue weighted by Crippen LogP contribution is -2.22. The average Bonchev–Trinajstić information content (AvgIpc) is 3.14. The number of β-amino-alcohol motifs (C(OH)–C–C–N with tert-alkyl or cyclic N) is 1. The average molecular weight is 374 g/mol. The van der Waals surface area contributed by atoms with Crippen molar-refractivity contribution < 1.29 is 9.84 Å². The normalized spacial score (nSPS) is 17.0. The van der Waals surface area contributed by atoms with Crippen molar-refractivity contribution >= 4 is 0 Å². The molecule has 4 nitrogen and oxygen atoms in total. The summed E-state index contributed by atoms with van der Waals surface area (Å²) in [5.74, 6) is 0.656. The summed E-state index contributed by atoms with van der Waals surface area (Å²) in [6.45, 7) is 4.51. The van der Waals surface area contributed by atoms with E-state index in [0.29, 0.717) is 12.4 Å². The van der Waals surface area contributed by atoms with Crippen molar-refractivity contribution in [3.63, 3.8) is 0 Å². The first-order valence-corrected chi connectivity index (χ1v) is 9.75. The quantitative estimate of drug-likeness (QED) is 0.723. The van der Waals surface area contributed by atoms with Gasteiger partial charge in [0.1, 0.15) is 0 Å². The molecule has 0 unspecified atom stereocenters. The number of pyridine rings is 1. The molecule has 0 bridgehead atoms. The molecule has 2 aromatic carbocycles. The van der Waals surface area contributed by atoms with Crippen LogP contribution in [0, 0.1) is 6.92 Å². The van der Waals surface area contributed by atoms with Gasteiger partial charge in [-0.25, -0.2) is 4.98 Å². The summed E-state index contributed by atoms with van der Waals surface area (Å²) < 4.78 is 5.60. The Bertz CT molecular complexity index is 956. The molecule has 3 aromatic rings. The Morgan fingerprint density at radius 2 is 1.82 bits per heavy atom. The molecule has 1 saturated heterocycles. The zero-order valence-electron chi connectivity index (χ0n) is 16.4. The van der Waals surface area contributed by atoms with E-state index in [-0.39, 0.29) is 6.10 Å². The number of methoxy groups -OCH3 is 1. The summed E-state index contributed by atoms with van der Waals surface area (Å²) in [5.41, 5.74) is 6.71. The number of likely N-dealkylation sites (tertiary alicyclic amines) is 1. The first-order valence-electron chi connectivity index (χ1n) is 9.75. The van der Waals surface area contributed by atoms with Gasteiger partial charge in [0.2, 0.25) is 5.88 Å². The highest BCUT2D eigenvalue weighted by Crippen LogP contribution is 2.32. The molecular formula is C24H26N2O2. The Balaban J connectivity index is 1.66. The second-order valence-electron chi connectivity index (χ2n) is 7.39. The van der Waals surface area contributed by atoms with Crippen molar-refractivity contribution in [3.8, 4) is 28.3 Å². The van der Waals surface area contributed by atoms with Gasteiger partial charge in [-0.15, -0.1) is 0 Å². The van der Waals surface area contributed by atoms with Gasteiger partial charge in [0.05, 0.1) is 18.9 Å². The van der Waals surface area contributed by atoms with Crippen LogP contribution in [0.4, 0.5) is 0 Å². The molecular weight excluding hydrogens is 348 g/mol. The highest BCUT2D eigenvalue weighted by Gasteiger charge is 2.22. The van der Waals surface area contributed by atoms with Crippen LogP contribution in [0.25, 0.3) is 22.4 Å². The molecule has 1 aliphatic rings. The Morgan fingerprint density at radius 1 is 1.04 bits per heavy atom. The van der Waals surface area contributed by atoms with Crippen molar-refractivity contribution in [2.24, 2.45) is 0 Å². The Morgan fingerprint density at radius 3 is 2.54 bits per heavy atom. The molecule has 0 spiro atoms. The van der Waals surface area contributed by atoms with Crippen LogP contribution in [-0.4, -0.2) is 41.3 Å². The van der Waals surface area contributed by atoms with E-state index in [4.69, 9.17) is 9.72 Å². The van der Waals surface area contributed by atoms with Gasteiger partial charge in [-0.05, 0) is 36.1 Å². The number of benzene rings is 2. The maximum Gasteiger partial charge on any atom is 0.218 e. The maximum atomic E-state index is 9.76. The predicted molar refractivity (Wildman–Crippen MR) is 112 cm³/mol. The number of aliphatic hydroxyl groups excluding tert-OH is 1. The van der Waals surface area contributed by atoms with Crippen molar-refractivity contribution in [3.05, 3.63) is 71.8 Å². The molecule has 0 saturated carbocycles. The minimum absolute atomic E-state index is 0.221. The monoisotopic (exact) mass is 374 g/mol. The molecule has 2 heterocycles. The van der Waals surface area contributed by atoms with E-state index in [1.165, 1.54) is 16.7 Å². The number of aromatic nitrogens is 1. The van der Waals surface area contributed by atoms with Gasteiger partial charge < -0.3 is 9.84 Å². The van der Waals surface area contributed by atoms with Crippen molar-refractivity contribution in [2.45, 2.75) is 26.0 Å². The fraction of sp³-hybridized carbons (Fsp3) is 0.292. The van der Waals surface area contributed by atoms with Crippen LogP contribution in [0.15, 0.2) is 60.7 Å². The van der Waals surface area contributed by atoms with E-state index in [9.17, 15) is 5.11 Å². The predicted octanol–water partition coefficient (Wildman–Crippen LogP) is 4.30. The lowest BCUT2D eigenvalue weighted by Gasteiger charge is -2.18. The van der Waals surface area contributed by atoms with Crippen molar-refractivity contribution in [1.29, 1.82) is 0 Å². The second-order valence-corrected chi connectivity index (χ2v) is 7.39. The van der Waals surface area contributed by atoms with Gasteiger partial charge in [0, 0.05) is 30.8 Å². The SMILES string of the molecule is COc1nc(-c2cccc(-c3ccccc3)c2C)ccc1CN1CC[C@@H](O)C1. The van der Waals surface area contributed by atoms with Crippen LogP contribution in [0.2, 0.25) is 0 Å². The zero-order chi connectivity index (χ0) is 19.5. The van der Waals surface area contributed by atoms with Gasteiger partial charge in [-0.2, -0.15) is 0 Å². The molecule has 1 aromatic heterocycles. The van der Waals surface area contributed by atoms with Crippen molar-refractivity contribution in [2.75, 3.05) is 20.2 Å². The molecule has 1 atom stereocenters. The minimum Gasteiger partial charge on any atom is -0.481 e. The first-order chi connectivity index (χ1) is 13.7. The van der Waals surface area contributed by atoms with E-state index in [2.05, 4.69) is 66.4 Å². The number of nitrogens with zero attached hydrogens (tertiary/aromatic N) is 2. The van der Waals surface area contributed by atoms with Crippen LogP contribution in [0.5, 0.6) is 5.88 Å². The molecule has 0 radical (unpaired) electrons.